The Labute approximate surface area is 254 Å². The number of benzene rings is 6. The monoisotopic (exact) mass is 572 g/mol. The van der Waals surface area contributed by atoms with Gasteiger partial charge in [0.05, 0.1) is 0 Å². The molecule has 1 aliphatic heterocycles. The van der Waals surface area contributed by atoms with Crippen LogP contribution in [0.2, 0.25) is 0 Å². The average Bonchev–Trinajstić information content (AvgIpc) is 3.70. The average molecular weight is 573 g/mol. The van der Waals surface area contributed by atoms with E-state index < -0.39 is 5.79 Å². The first-order chi connectivity index (χ1) is 21.0. The Morgan fingerprint density at radius 1 is 0.535 bits per heavy atom. The van der Waals surface area contributed by atoms with Gasteiger partial charge in [0, 0.05) is 42.3 Å². The molecule has 1 aliphatic carbocycles. The van der Waals surface area contributed by atoms with Crippen molar-refractivity contribution in [2.45, 2.75) is 25.0 Å². The van der Waals surface area contributed by atoms with Crippen molar-refractivity contribution in [1.82, 2.24) is 0 Å². The Kier molecular flexibility index (Phi) is 5.07. The molecule has 9 rings (SSSR count). The summed E-state index contributed by atoms with van der Waals surface area (Å²) in [4.78, 5) is 0. The highest BCUT2D eigenvalue weighted by Gasteiger charge is 2.50. The van der Waals surface area contributed by atoms with Crippen molar-refractivity contribution in [3.8, 4) is 33.8 Å². The molecule has 1 aromatic heterocycles. The number of hydrogen-bond acceptors (Lipinski definition) is 3. The molecule has 0 amide bonds. The van der Waals surface area contributed by atoms with Crippen molar-refractivity contribution in [3.63, 3.8) is 0 Å². The molecule has 7 aromatic rings. The number of rotatable bonds is 3. The molecule has 1 atom stereocenters. The second-order valence-corrected chi connectivity index (χ2v) is 13.1. The third kappa shape index (κ3) is 3.40. The van der Waals surface area contributed by atoms with Gasteiger partial charge < -0.3 is 9.47 Å². The first-order valence-corrected chi connectivity index (χ1v) is 15.6. The van der Waals surface area contributed by atoms with Crippen LogP contribution in [-0.4, -0.2) is 0 Å². The Morgan fingerprint density at radius 3 is 2.09 bits per heavy atom. The zero-order chi connectivity index (χ0) is 28.8. The fraction of sp³-hybridized carbons (Fsp3) is 0.100. The summed E-state index contributed by atoms with van der Waals surface area (Å²) in [6.45, 7) is 4.57. The molecule has 2 heterocycles. The van der Waals surface area contributed by atoms with Gasteiger partial charge in [0.15, 0.2) is 11.5 Å². The van der Waals surface area contributed by atoms with Gasteiger partial charge in [-0.15, -0.1) is 11.3 Å². The van der Waals surface area contributed by atoms with E-state index in [-0.39, 0.29) is 5.41 Å². The first-order valence-electron chi connectivity index (χ1n) is 14.8. The van der Waals surface area contributed by atoms with E-state index in [0.717, 1.165) is 22.6 Å². The maximum absolute atomic E-state index is 7.12. The molecule has 0 radical (unpaired) electrons. The molecule has 43 heavy (non-hydrogen) atoms. The van der Waals surface area contributed by atoms with E-state index in [2.05, 4.69) is 129 Å². The Balaban J connectivity index is 1.19. The van der Waals surface area contributed by atoms with Crippen molar-refractivity contribution < 1.29 is 9.47 Å². The van der Waals surface area contributed by atoms with Crippen LogP contribution in [0.25, 0.3) is 42.4 Å². The molecule has 2 aliphatic rings. The van der Waals surface area contributed by atoms with E-state index in [1.165, 1.54) is 53.6 Å². The van der Waals surface area contributed by atoms with E-state index in [9.17, 15) is 0 Å². The Hall–Kier alpha value is -4.86. The smallest absolute Gasteiger partial charge is 0.305 e. The van der Waals surface area contributed by atoms with Crippen LogP contribution >= 0.6 is 11.3 Å². The van der Waals surface area contributed by atoms with Crippen LogP contribution in [0.15, 0.2) is 133 Å². The summed E-state index contributed by atoms with van der Waals surface area (Å²) in [6, 6.07) is 47.3. The van der Waals surface area contributed by atoms with Gasteiger partial charge in [-0.2, -0.15) is 0 Å². The van der Waals surface area contributed by atoms with Crippen molar-refractivity contribution in [3.05, 3.63) is 156 Å². The van der Waals surface area contributed by atoms with Crippen LogP contribution in [0.4, 0.5) is 0 Å². The van der Waals surface area contributed by atoms with E-state index in [1.54, 1.807) is 0 Å². The predicted molar refractivity (Wildman–Crippen MR) is 177 cm³/mol. The summed E-state index contributed by atoms with van der Waals surface area (Å²) < 4.78 is 16.7. The minimum Gasteiger partial charge on any atom is -0.440 e. The number of ether oxygens (including phenoxy) is 2. The van der Waals surface area contributed by atoms with Crippen molar-refractivity contribution in [2.75, 3.05) is 0 Å². The van der Waals surface area contributed by atoms with Gasteiger partial charge in [-0.25, -0.2) is 0 Å². The molecule has 206 valence electrons. The summed E-state index contributed by atoms with van der Waals surface area (Å²) in [5.74, 6) is 0.520. The van der Waals surface area contributed by atoms with Gasteiger partial charge in [0.2, 0.25) is 0 Å². The second kappa shape index (κ2) is 8.82. The van der Waals surface area contributed by atoms with E-state index in [0.29, 0.717) is 0 Å². The van der Waals surface area contributed by atoms with Crippen LogP contribution in [0.5, 0.6) is 11.5 Å². The van der Waals surface area contributed by atoms with Crippen LogP contribution < -0.4 is 9.47 Å². The molecule has 0 saturated heterocycles. The molecule has 0 fully saturated rings. The normalized spacial score (nSPS) is 17.7. The van der Waals surface area contributed by atoms with Crippen molar-refractivity contribution in [2.24, 2.45) is 0 Å². The highest BCUT2D eigenvalue weighted by Crippen LogP contribution is 2.59. The molecular weight excluding hydrogens is 545 g/mol. The standard InChI is InChI=1S/C40H28O2S/c1-39(2)32-16-8-6-13-29(32)30-23-24-33-38(37(30)39)42-40(41-33,26-11-4-3-5-12-26)27-21-19-25(20-22-27)28-15-10-18-35-36(28)31-14-7-9-17-34(31)43-35/h3-24H,1-2H3. The highest BCUT2D eigenvalue weighted by molar-refractivity contribution is 7.25. The first kappa shape index (κ1) is 24.7. The molecule has 6 aromatic carbocycles. The zero-order valence-corrected chi connectivity index (χ0v) is 24.7. The van der Waals surface area contributed by atoms with Crippen molar-refractivity contribution in [1.29, 1.82) is 0 Å². The van der Waals surface area contributed by atoms with Gasteiger partial charge in [0.25, 0.3) is 0 Å². The molecule has 2 nitrogen and oxygen atoms in total. The topological polar surface area (TPSA) is 18.5 Å². The minimum absolute atomic E-state index is 0.209. The van der Waals surface area contributed by atoms with Gasteiger partial charge in [-0.1, -0.05) is 129 Å². The van der Waals surface area contributed by atoms with E-state index >= 15 is 0 Å². The summed E-state index contributed by atoms with van der Waals surface area (Å²) >= 11 is 1.85. The van der Waals surface area contributed by atoms with Gasteiger partial charge >= 0.3 is 5.79 Å². The minimum atomic E-state index is -1.09. The molecular formula is C40H28O2S. The quantitative estimate of drug-likeness (QED) is 0.210. The lowest BCUT2D eigenvalue weighted by molar-refractivity contribution is -0.0464. The van der Waals surface area contributed by atoms with Crippen molar-refractivity contribution >= 4 is 31.5 Å². The number of fused-ring (bicyclic) bond motifs is 8. The number of thiophene rings is 1. The lowest BCUT2D eigenvalue weighted by atomic mass is 9.82. The van der Waals surface area contributed by atoms with Gasteiger partial charge in [-0.05, 0) is 46.0 Å². The molecule has 3 heteroatoms. The van der Waals surface area contributed by atoms with Crippen LogP contribution in [0.3, 0.4) is 0 Å². The molecule has 0 saturated carbocycles. The Bertz CT molecular complexity index is 2210. The van der Waals surface area contributed by atoms with E-state index in [4.69, 9.17) is 9.47 Å². The van der Waals surface area contributed by atoms with Crippen LogP contribution in [0.1, 0.15) is 36.1 Å². The SMILES string of the molecule is CC1(C)c2ccccc2-c2ccc3c(c21)OC(c1ccccc1)(c1ccc(-c2cccc4sc5ccccc5c24)cc1)O3. The zero-order valence-electron chi connectivity index (χ0n) is 23.9. The summed E-state index contributed by atoms with van der Waals surface area (Å²) in [5.41, 5.74) is 9.13. The fourth-order valence-corrected chi connectivity index (χ4v) is 8.38. The van der Waals surface area contributed by atoms with Gasteiger partial charge in [0.1, 0.15) is 0 Å². The molecule has 0 spiro atoms. The van der Waals surface area contributed by atoms with Crippen LogP contribution in [-0.2, 0) is 11.2 Å². The molecule has 0 bridgehead atoms. The highest BCUT2D eigenvalue weighted by atomic mass is 32.1. The summed E-state index contributed by atoms with van der Waals surface area (Å²) in [7, 11) is 0. The lowest BCUT2D eigenvalue weighted by Crippen LogP contribution is -2.37. The number of hydrogen-bond donors (Lipinski definition) is 0. The van der Waals surface area contributed by atoms with E-state index in [1.807, 2.05) is 29.5 Å². The van der Waals surface area contributed by atoms with Gasteiger partial charge in [-0.3, -0.25) is 0 Å². The lowest BCUT2D eigenvalue weighted by Gasteiger charge is -2.29. The summed E-state index contributed by atoms with van der Waals surface area (Å²) in [6.07, 6.45) is 0. The van der Waals surface area contributed by atoms with Crippen LogP contribution in [0, 0.1) is 0 Å². The molecule has 1 unspecified atom stereocenters. The maximum Gasteiger partial charge on any atom is 0.305 e. The summed E-state index contributed by atoms with van der Waals surface area (Å²) in [5, 5.41) is 2.62. The third-order valence-electron chi connectivity index (χ3n) is 9.27. The largest absolute Gasteiger partial charge is 0.440 e. The second-order valence-electron chi connectivity index (χ2n) is 12.0. The fourth-order valence-electron chi connectivity index (χ4n) is 7.25. The molecule has 0 N–H and O–H groups in total. The maximum atomic E-state index is 7.12. The third-order valence-corrected chi connectivity index (χ3v) is 10.4. The Morgan fingerprint density at radius 2 is 1.23 bits per heavy atom. The predicted octanol–water partition coefficient (Wildman–Crippen LogP) is 10.7.